The fourth-order valence-electron chi connectivity index (χ4n) is 3.38. The van der Waals surface area contributed by atoms with Crippen molar-refractivity contribution in [3.63, 3.8) is 0 Å². The summed E-state index contributed by atoms with van der Waals surface area (Å²) in [6.45, 7) is 8.59. The van der Waals surface area contributed by atoms with Crippen LogP contribution in [-0.4, -0.2) is 40.5 Å². The summed E-state index contributed by atoms with van der Waals surface area (Å²) < 4.78 is 18.4. The van der Waals surface area contributed by atoms with Crippen LogP contribution >= 0.6 is 0 Å². The molecular formula is C15H29NO2S. The van der Waals surface area contributed by atoms with Crippen molar-refractivity contribution in [2.75, 3.05) is 18.9 Å². The number of hydrogen-bond donors (Lipinski definition) is 1. The minimum atomic E-state index is -0.762. The zero-order valence-corrected chi connectivity index (χ0v) is 13.4. The molecule has 19 heavy (non-hydrogen) atoms. The van der Waals surface area contributed by atoms with E-state index in [1.165, 1.54) is 6.42 Å². The predicted molar refractivity (Wildman–Crippen MR) is 80.9 cm³/mol. The number of nitrogens with one attached hydrogen (secondary N) is 1. The number of ether oxygens (including phenoxy) is 1. The lowest BCUT2D eigenvalue weighted by atomic mass is 9.75. The van der Waals surface area contributed by atoms with Crippen LogP contribution in [0, 0.1) is 5.41 Å². The Bertz CT molecular complexity index is 313. The standard InChI is InChI=1S/C15H29NO2S/c1-4-16-13-7-8-15(2,3)10-14(13)19(17)11-12-6-5-9-18-12/h12-14,16H,4-11H2,1-3H3. The third kappa shape index (κ3) is 4.27. The SMILES string of the molecule is CCNC1CCC(C)(C)CC1S(=O)CC1CCCO1. The smallest absolute Gasteiger partial charge is 0.0691 e. The lowest BCUT2D eigenvalue weighted by molar-refractivity contribution is 0.127. The van der Waals surface area contributed by atoms with Crippen molar-refractivity contribution in [3.8, 4) is 0 Å². The molecule has 0 aromatic carbocycles. The molecule has 1 N–H and O–H groups in total. The van der Waals surface area contributed by atoms with Gasteiger partial charge in [0, 0.05) is 23.4 Å². The monoisotopic (exact) mass is 287 g/mol. The van der Waals surface area contributed by atoms with Gasteiger partial charge in [-0.1, -0.05) is 20.8 Å². The third-order valence-electron chi connectivity index (χ3n) is 4.51. The van der Waals surface area contributed by atoms with E-state index in [2.05, 4.69) is 26.1 Å². The summed E-state index contributed by atoms with van der Waals surface area (Å²) in [5.74, 6) is 0.739. The maximum absolute atomic E-state index is 12.7. The van der Waals surface area contributed by atoms with Crippen LogP contribution in [-0.2, 0) is 15.5 Å². The molecule has 0 aromatic heterocycles. The Morgan fingerprint density at radius 3 is 2.79 bits per heavy atom. The van der Waals surface area contributed by atoms with E-state index in [0.29, 0.717) is 16.7 Å². The van der Waals surface area contributed by atoms with Crippen LogP contribution in [0.3, 0.4) is 0 Å². The van der Waals surface area contributed by atoms with Crippen LogP contribution in [0.15, 0.2) is 0 Å². The lowest BCUT2D eigenvalue weighted by Gasteiger charge is -2.40. The number of hydrogen-bond acceptors (Lipinski definition) is 3. The van der Waals surface area contributed by atoms with Gasteiger partial charge in [-0.15, -0.1) is 0 Å². The minimum absolute atomic E-state index is 0.244. The van der Waals surface area contributed by atoms with Crippen molar-refractivity contribution < 1.29 is 8.95 Å². The van der Waals surface area contributed by atoms with Crippen molar-refractivity contribution >= 4 is 10.8 Å². The molecular weight excluding hydrogens is 258 g/mol. The van der Waals surface area contributed by atoms with Gasteiger partial charge in [-0.2, -0.15) is 0 Å². The first kappa shape index (κ1) is 15.5. The molecule has 0 amide bonds. The van der Waals surface area contributed by atoms with Gasteiger partial charge < -0.3 is 10.1 Å². The molecule has 1 aliphatic heterocycles. The quantitative estimate of drug-likeness (QED) is 0.844. The summed E-state index contributed by atoms with van der Waals surface area (Å²) in [7, 11) is -0.762. The molecule has 2 aliphatic rings. The summed E-state index contributed by atoms with van der Waals surface area (Å²) in [6, 6.07) is 0.431. The molecule has 1 saturated carbocycles. The van der Waals surface area contributed by atoms with E-state index in [0.717, 1.165) is 44.6 Å². The molecule has 0 aromatic rings. The molecule has 1 heterocycles. The molecule has 4 heteroatoms. The summed E-state index contributed by atoms with van der Waals surface area (Å²) in [5, 5.41) is 3.84. The Hall–Kier alpha value is 0.0700. The van der Waals surface area contributed by atoms with Gasteiger partial charge in [0.2, 0.25) is 0 Å². The van der Waals surface area contributed by atoms with Gasteiger partial charge in [0.1, 0.15) is 0 Å². The topological polar surface area (TPSA) is 38.3 Å². The molecule has 0 bridgehead atoms. The summed E-state index contributed by atoms with van der Waals surface area (Å²) in [5.41, 5.74) is 0.336. The highest BCUT2D eigenvalue weighted by Crippen LogP contribution is 2.37. The maximum Gasteiger partial charge on any atom is 0.0691 e. The number of rotatable bonds is 5. The van der Waals surface area contributed by atoms with Crippen LogP contribution in [0.5, 0.6) is 0 Å². The summed E-state index contributed by atoms with van der Waals surface area (Å²) >= 11 is 0. The highest BCUT2D eigenvalue weighted by atomic mass is 32.2. The normalized spacial score (nSPS) is 36.3. The largest absolute Gasteiger partial charge is 0.377 e. The van der Waals surface area contributed by atoms with Crippen LogP contribution in [0.2, 0.25) is 0 Å². The average Bonchev–Trinajstić information content (AvgIpc) is 2.84. The summed E-state index contributed by atoms with van der Waals surface area (Å²) in [4.78, 5) is 0. The highest BCUT2D eigenvalue weighted by molar-refractivity contribution is 7.85. The van der Waals surface area contributed by atoms with Crippen LogP contribution < -0.4 is 5.32 Å². The van der Waals surface area contributed by atoms with E-state index in [9.17, 15) is 4.21 Å². The van der Waals surface area contributed by atoms with Gasteiger partial charge in [0.25, 0.3) is 0 Å². The van der Waals surface area contributed by atoms with E-state index in [-0.39, 0.29) is 6.10 Å². The molecule has 4 unspecified atom stereocenters. The molecule has 0 spiro atoms. The van der Waals surface area contributed by atoms with Crippen LogP contribution in [0.1, 0.15) is 52.9 Å². The van der Waals surface area contributed by atoms with E-state index in [4.69, 9.17) is 4.74 Å². The van der Waals surface area contributed by atoms with Gasteiger partial charge in [0.05, 0.1) is 17.1 Å². The van der Waals surface area contributed by atoms with E-state index in [1.54, 1.807) is 0 Å². The molecule has 0 radical (unpaired) electrons. The average molecular weight is 287 g/mol. The Labute approximate surface area is 120 Å². The molecule has 1 aliphatic carbocycles. The van der Waals surface area contributed by atoms with Crippen molar-refractivity contribution in [2.45, 2.75) is 70.3 Å². The molecule has 112 valence electrons. The Morgan fingerprint density at radius 2 is 2.16 bits per heavy atom. The van der Waals surface area contributed by atoms with Crippen molar-refractivity contribution in [3.05, 3.63) is 0 Å². The second-order valence-electron chi connectivity index (χ2n) is 6.79. The van der Waals surface area contributed by atoms with E-state index < -0.39 is 10.8 Å². The first-order valence-electron chi connectivity index (χ1n) is 7.74. The second kappa shape index (κ2) is 6.68. The zero-order valence-electron chi connectivity index (χ0n) is 12.6. The fraction of sp³-hybridized carbons (Fsp3) is 1.00. The van der Waals surface area contributed by atoms with Gasteiger partial charge in [0.15, 0.2) is 0 Å². The lowest BCUT2D eigenvalue weighted by Crippen LogP contribution is -2.49. The molecule has 1 saturated heterocycles. The summed E-state index contributed by atoms with van der Waals surface area (Å²) in [6.07, 6.45) is 5.93. The maximum atomic E-state index is 12.7. The van der Waals surface area contributed by atoms with Crippen LogP contribution in [0.25, 0.3) is 0 Å². The van der Waals surface area contributed by atoms with Gasteiger partial charge in [-0.3, -0.25) is 4.21 Å². The molecule has 4 atom stereocenters. The van der Waals surface area contributed by atoms with Crippen molar-refractivity contribution in [1.82, 2.24) is 5.32 Å². The third-order valence-corrected chi connectivity index (χ3v) is 6.38. The zero-order chi connectivity index (χ0) is 13.9. The van der Waals surface area contributed by atoms with Crippen LogP contribution in [0.4, 0.5) is 0 Å². The van der Waals surface area contributed by atoms with E-state index >= 15 is 0 Å². The molecule has 2 rings (SSSR count). The van der Waals surface area contributed by atoms with Crippen molar-refractivity contribution in [2.24, 2.45) is 5.41 Å². The Morgan fingerprint density at radius 1 is 1.37 bits per heavy atom. The second-order valence-corrected chi connectivity index (χ2v) is 8.49. The Kier molecular flexibility index (Phi) is 5.44. The first-order valence-corrected chi connectivity index (χ1v) is 9.12. The molecule has 3 nitrogen and oxygen atoms in total. The van der Waals surface area contributed by atoms with E-state index in [1.807, 2.05) is 0 Å². The predicted octanol–water partition coefficient (Wildman–Crippen LogP) is 2.47. The molecule has 2 fully saturated rings. The fourth-order valence-corrected chi connectivity index (χ4v) is 5.49. The first-order chi connectivity index (χ1) is 9.02. The van der Waals surface area contributed by atoms with Gasteiger partial charge in [-0.05, 0) is 44.1 Å². The van der Waals surface area contributed by atoms with Crippen molar-refractivity contribution in [1.29, 1.82) is 0 Å². The van der Waals surface area contributed by atoms with Gasteiger partial charge >= 0.3 is 0 Å². The Balaban J connectivity index is 1.97. The highest BCUT2D eigenvalue weighted by Gasteiger charge is 2.38. The minimum Gasteiger partial charge on any atom is -0.377 e. The van der Waals surface area contributed by atoms with Gasteiger partial charge in [-0.25, -0.2) is 0 Å².